The predicted molar refractivity (Wildman–Crippen MR) is 337 cm³/mol. The van der Waals surface area contributed by atoms with Crippen molar-refractivity contribution in [1.29, 1.82) is 0 Å². The van der Waals surface area contributed by atoms with Crippen molar-refractivity contribution in [3.05, 3.63) is 406 Å². The van der Waals surface area contributed by atoms with Gasteiger partial charge in [-0.2, -0.15) is 0 Å². The molecule has 0 aromatic heterocycles. The van der Waals surface area contributed by atoms with E-state index in [1.807, 2.05) is 48.5 Å². The molecule has 0 aliphatic heterocycles. The molecule has 0 unspecified atom stereocenters. The van der Waals surface area contributed by atoms with Gasteiger partial charge in [-0.25, -0.2) is 20.0 Å². The van der Waals surface area contributed by atoms with Crippen LogP contribution in [0.1, 0.15) is 66.8 Å². The SMILES string of the molecule is c1ccc(C(=Nc2ccc(C(c3ccc(N=C(c4ccccc4)c4ccccc4)cc3)(c3ccc(N=C(c4ccccc4)c4ccccc4)cc3)c3ccc(N=C(c4ccccc4)c4ccccc4)cc3)cc2)c2ccccc2)cc1. The number of hydrogen-bond donors (Lipinski definition) is 0. The first-order valence-corrected chi connectivity index (χ1v) is 27.4. The molecule has 0 spiro atoms. The highest BCUT2D eigenvalue weighted by Crippen LogP contribution is 2.47. The molecule has 0 radical (unpaired) electrons. The number of nitrogens with zero attached hydrogens (tertiary/aromatic N) is 4. The largest absolute Gasteiger partial charge is 0.248 e. The number of rotatable bonds is 16. The highest BCUT2D eigenvalue weighted by atomic mass is 14.8. The first kappa shape index (κ1) is 51.1. The van der Waals surface area contributed by atoms with E-state index in [0.717, 1.165) is 112 Å². The average molecular weight is 1040 g/mol. The van der Waals surface area contributed by atoms with Crippen molar-refractivity contribution >= 4 is 45.6 Å². The fourth-order valence-electron chi connectivity index (χ4n) is 10.6. The van der Waals surface area contributed by atoms with E-state index in [0.29, 0.717) is 0 Å². The first-order valence-electron chi connectivity index (χ1n) is 27.4. The Labute approximate surface area is 474 Å². The van der Waals surface area contributed by atoms with E-state index in [-0.39, 0.29) is 0 Å². The molecule has 0 saturated heterocycles. The number of aliphatic imine (C=N–C) groups is 4. The van der Waals surface area contributed by atoms with E-state index in [1.165, 1.54) is 0 Å². The third kappa shape index (κ3) is 11.5. The third-order valence-electron chi connectivity index (χ3n) is 14.5. The summed E-state index contributed by atoms with van der Waals surface area (Å²) in [6, 6.07) is 118. The Kier molecular flexibility index (Phi) is 15.3. The zero-order valence-electron chi connectivity index (χ0n) is 44.6. The van der Waals surface area contributed by atoms with E-state index in [2.05, 4.69) is 291 Å². The van der Waals surface area contributed by atoms with Gasteiger partial charge in [-0.3, -0.25) is 0 Å². The van der Waals surface area contributed by atoms with Crippen LogP contribution in [-0.4, -0.2) is 22.8 Å². The van der Waals surface area contributed by atoms with Crippen LogP contribution in [0.5, 0.6) is 0 Å². The standard InChI is InChI=1S/C77H56N4/c1-9-25-57(26-10-1)73(58-27-11-2-12-28-58)78-69-49-41-65(42-50-69)77(66-43-51-70(52-44-66)79-74(59-29-13-3-14-30-59)60-31-15-4-16-32-60,67-45-53-71(54-46-67)80-75(61-33-17-5-18-34-61)62-35-19-6-20-36-62)68-47-55-72(56-48-68)81-76(63-37-21-7-22-38-63)64-39-23-8-24-40-64/h1-56H. The average Bonchev–Trinajstić information content (AvgIpc) is 3.59. The minimum atomic E-state index is -0.873. The molecule has 4 heteroatoms. The first-order chi connectivity index (χ1) is 40.2. The molecular formula is C77H56N4. The summed E-state index contributed by atoms with van der Waals surface area (Å²) in [4.78, 5) is 21.5. The summed E-state index contributed by atoms with van der Waals surface area (Å²) >= 11 is 0. The fraction of sp³-hybridized carbons (Fsp3) is 0.0130. The molecule has 384 valence electrons. The van der Waals surface area contributed by atoms with Crippen LogP contribution in [0.15, 0.2) is 360 Å². The lowest BCUT2D eigenvalue weighted by Gasteiger charge is -2.37. The van der Waals surface area contributed by atoms with Gasteiger partial charge < -0.3 is 0 Å². The van der Waals surface area contributed by atoms with Crippen molar-refractivity contribution in [3.8, 4) is 0 Å². The minimum absolute atomic E-state index is 0.840. The van der Waals surface area contributed by atoms with Crippen LogP contribution in [0.25, 0.3) is 0 Å². The van der Waals surface area contributed by atoms with Crippen molar-refractivity contribution in [2.24, 2.45) is 20.0 Å². The fourth-order valence-corrected chi connectivity index (χ4v) is 10.6. The Morgan fingerprint density at radius 1 is 0.160 bits per heavy atom. The molecular weight excluding hydrogens is 981 g/mol. The highest BCUT2D eigenvalue weighted by molar-refractivity contribution is 6.16. The maximum absolute atomic E-state index is 5.38. The highest BCUT2D eigenvalue weighted by Gasteiger charge is 2.39. The predicted octanol–water partition coefficient (Wildman–Crippen LogP) is 18.7. The Balaban J connectivity index is 1.06. The van der Waals surface area contributed by atoms with Gasteiger partial charge in [0.05, 0.1) is 51.0 Å². The molecule has 0 fully saturated rings. The lowest BCUT2D eigenvalue weighted by Crippen LogP contribution is -2.30. The Morgan fingerprint density at radius 3 is 0.432 bits per heavy atom. The van der Waals surface area contributed by atoms with Gasteiger partial charge in [-0.15, -0.1) is 0 Å². The lowest BCUT2D eigenvalue weighted by atomic mass is 9.65. The summed E-state index contributed by atoms with van der Waals surface area (Å²) in [5.41, 5.74) is 18.7. The lowest BCUT2D eigenvalue weighted by molar-refractivity contribution is 0.745. The summed E-state index contributed by atoms with van der Waals surface area (Å²) in [7, 11) is 0. The third-order valence-corrected chi connectivity index (χ3v) is 14.5. The van der Waals surface area contributed by atoms with Gasteiger partial charge in [0.2, 0.25) is 0 Å². The van der Waals surface area contributed by atoms with Gasteiger partial charge in [0.1, 0.15) is 0 Å². The normalized spacial score (nSPS) is 11.0. The quantitative estimate of drug-likeness (QED) is 0.0684. The van der Waals surface area contributed by atoms with Crippen molar-refractivity contribution in [1.82, 2.24) is 0 Å². The van der Waals surface area contributed by atoms with Gasteiger partial charge in [0, 0.05) is 44.5 Å². The molecule has 0 aliphatic rings. The maximum atomic E-state index is 5.38. The van der Waals surface area contributed by atoms with E-state index in [9.17, 15) is 0 Å². The van der Waals surface area contributed by atoms with Crippen LogP contribution >= 0.6 is 0 Å². The zero-order valence-corrected chi connectivity index (χ0v) is 44.6. The number of hydrogen-bond acceptors (Lipinski definition) is 4. The monoisotopic (exact) mass is 1040 g/mol. The molecule has 0 saturated carbocycles. The molecule has 12 aromatic rings. The molecule has 12 rings (SSSR count). The second-order valence-electron chi connectivity index (χ2n) is 19.7. The van der Waals surface area contributed by atoms with Crippen LogP contribution in [0.3, 0.4) is 0 Å². The molecule has 0 aliphatic carbocycles. The zero-order chi connectivity index (χ0) is 54.5. The second kappa shape index (κ2) is 24.3. The van der Waals surface area contributed by atoms with Gasteiger partial charge in [0.15, 0.2) is 0 Å². The smallest absolute Gasteiger partial charge is 0.0781 e. The summed E-state index contributed by atoms with van der Waals surface area (Å²) < 4.78 is 0. The Hall–Kier alpha value is -10.7. The van der Waals surface area contributed by atoms with Gasteiger partial charge in [0.25, 0.3) is 0 Å². The summed E-state index contributed by atoms with van der Waals surface area (Å²) in [6.45, 7) is 0. The van der Waals surface area contributed by atoms with Crippen molar-refractivity contribution in [2.45, 2.75) is 5.41 Å². The van der Waals surface area contributed by atoms with Gasteiger partial charge in [-0.05, 0) is 70.8 Å². The second-order valence-corrected chi connectivity index (χ2v) is 19.7. The van der Waals surface area contributed by atoms with Crippen LogP contribution in [0.4, 0.5) is 22.7 Å². The maximum Gasteiger partial charge on any atom is 0.0781 e. The van der Waals surface area contributed by atoms with Crippen molar-refractivity contribution < 1.29 is 0 Å². The molecule has 0 amide bonds. The van der Waals surface area contributed by atoms with E-state index in [4.69, 9.17) is 20.0 Å². The summed E-state index contributed by atoms with van der Waals surface area (Å²) in [6.07, 6.45) is 0. The van der Waals surface area contributed by atoms with Crippen LogP contribution in [0.2, 0.25) is 0 Å². The van der Waals surface area contributed by atoms with Crippen molar-refractivity contribution in [2.75, 3.05) is 0 Å². The van der Waals surface area contributed by atoms with E-state index in [1.54, 1.807) is 0 Å². The molecule has 0 heterocycles. The molecule has 0 atom stereocenters. The Morgan fingerprint density at radius 2 is 0.296 bits per heavy atom. The molecule has 4 nitrogen and oxygen atoms in total. The molecule has 0 N–H and O–H groups in total. The van der Waals surface area contributed by atoms with Gasteiger partial charge >= 0.3 is 0 Å². The summed E-state index contributed by atoms with van der Waals surface area (Å²) in [5, 5.41) is 0. The molecule has 0 bridgehead atoms. The van der Waals surface area contributed by atoms with E-state index >= 15 is 0 Å². The van der Waals surface area contributed by atoms with Gasteiger partial charge in [-0.1, -0.05) is 291 Å². The molecule has 81 heavy (non-hydrogen) atoms. The van der Waals surface area contributed by atoms with Crippen LogP contribution < -0.4 is 0 Å². The van der Waals surface area contributed by atoms with E-state index < -0.39 is 5.41 Å². The van der Waals surface area contributed by atoms with Crippen molar-refractivity contribution in [3.63, 3.8) is 0 Å². The Bertz CT molecular complexity index is 3370. The molecule has 12 aromatic carbocycles. The van der Waals surface area contributed by atoms with Crippen LogP contribution in [-0.2, 0) is 5.41 Å². The number of benzene rings is 12. The van der Waals surface area contributed by atoms with Crippen LogP contribution in [0, 0.1) is 0 Å². The summed E-state index contributed by atoms with van der Waals surface area (Å²) in [5.74, 6) is 0. The topological polar surface area (TPSA) is 49.4 Å². The minimum Gasteiger partial charge on any atom is -0.248 e.